The summed E-state index contributed by atoms with van der Waals surface area (Å²) in [5, 5.41) is 14.5. The first kappa shape index (κ1) is 31.1. The van der Waals surface area contributed by atoms with Gasteiger partial charge in [0.25, 0.3) is 0 Å². The van der Waals surface area contributed by atoms with E-state index in [1.54, 1.807) is 0 Å². The lowest BCUT2D eigenvalue weighted by Gasteiger charge is -2.70. The second-order valence-electron chi connectivity index (χ2n) is 16.4. The van der Waals surface area contributed by atoms with Crippen molar-refractivity contribution in [2.45, 2.75) is 112 Å². The van der Waals surface area contributed by atoms with E-state index < -0.39 is 24.0 Å². The molecule has 5 aliphatic rings. The molecule has 3 N–H and O–H groups in total. The Morgan fingerprint density at radius 2 is 1.62 bits per heavy atom. The Morgan fingerprint density at radius 1 is 0.952 bits per heavy atom. The number of methoxy groups -OCH3 is 1. The average molecular weight is 585 g/mol. The molecule has 0 aromatic rings. The standard InChI is InChI=1S/C34H52N2O6/c1-29(2)23-9-12-34(7)26(32(23,5)11-10-24(29)36-28(41)35-19-25(38)39)22(37)17-20-21-18-31(4,27(40)42-8)14-13-30(21,3)15-16-33(20,34)6/h17,21,23-24,26H,9-16,18-19H2,1-8H3,(H,38,39)(H2,35,36,41)/t21?,23-,24?,26+,30+,31-,32-,33+,34+/m0/s1. The summed E-state index contributed by atoms with van der Waals surface area (Å²) in [5.74, 6) is -0.667. The van der Waals surface area contributed by atoms with Crippen LogP contribution in [0.3, 0.4) is 0 Å². The lowest BCUT2D eigenvalue weighted by molar-refractivity contribution is -0.189. The molecule has 0 aromatic heterocycles. The second kappa shape index (κ2) is 9.82. The van der Waals surface area contributed by atoms with Crippen LogP contribution in [0.4, 0.5) is 4.79 Å². The van der Waals surface area contributed by atoms with Gasteiger partial charge in [0.1, 0.15) is 6.54 Å². The number of amides is 2. The largest absolute Gasteiger partial charge is 0.480 e. The number of carbonyl (C=O) groups excluding carboxylic acids is 3. The van der Waals surface area contributed by atoms with Gasteiger partial charge in [0.05, 0.1) is 12.5 Å². The summed E-state index contributed by atoms with van der Waals surface area (Å²) < 4.78 is 5.26. The van der Waals surface area contributed by atoms with Crippen molar-refractivity contribution >= 4 is 23.8 Å². The van der Waals surface area contributed by atoms with Crippen molar-refractivity contribution in [2.75, 3.05) is 13.7 Å². The second-order valence-corrected chi connectivity index (χ2v) is 16.4. The fourth-order valence-corrected chi connectivity index (χ4v) is 11.2. The molecule has 0 aliphatic heterocycles. The van der Waals surface area contributed by atoms with Crippen molar-refractivity contribution < 1.29 is 29.0 Å². The number of nitrogens with one attached hydrogen (secondary N) is 2. The molecule has 8 nitrogen and oxygen atoms in total. The lowest BCUT2D eigenvalue weighted by Crippen LogP contribution is -2.68. The van der Waals surface area contributed by atoms with E-state index in [0.717, 1.165) is 57.8 Å². The highest BCUT2D eigenvalue weighted by Crippen LogP contribution is 2.75. The molecule has 0 saturated heterocycles. The molecule has 5 aliphatic carbocycles. The summed E-state index contributed by atoms with van der Waals surface area (Å²) in [6, 6.07) is -0.562. The van der Waals surface area contributed by atoms with E-state index in [4.69, 9.17) is 9.84 Å². The number of ether oxygens (including phenoxy) is 1. The Bertz CT molecular complexity index is 1230. The van der Waals surface area contributed by atoms with Crippen LogP contribution in [-0.2, 0) is 19.1 Å². The van der Waals surface area contributed by atoms with E-state index in [1.165, 1.54) is 12.7 Å². The molecule has 5 rings (SSSR count). The molecule has 2 amide bonds. The Balaban J connectivity index is 1.48. The van der Waals surface area contributed by atoms with Crippen LogP contribution in [0.1, 0.15) is 106 Å². The molecule has 4 saturated carbocycles. The Morgan fingerprint density at radius 3 is 2.26 bits per heavy atom. The van der Waals surface area contributed by atoms with Crippen LogP contribution < -0.4 is 10.6 Å². The van der Waals surface area contributed by atoms with Crippen LogP contribution in [-0.4, -0.2) is 48.6 Å². The fourth-order valence-electron chi connectivity index (χ4n) is 11.2. The molecule has 4 fully saturated rings. The fraction of sp³-hybridized carbons (Fsp3) is 0.824. The van der Waals surface area contributed by atoms with Gasteiger partial charge in [-0.3, -0.25) is 14.4 Å². The molecular formula is C34H52N2O6. The van der Waals surface area contributed by atoms with E-state index in [2.05, 4.69) is 52.2 Å². The number of esters is 1. The molecule has 2 unspecified atom stereocenters. The first-order chi connectivity index (χ1) is 19.4. The summed E-state index contributed by atoms with van der Waals surface area (Å²) in [7, 11) is 1.48. The Hall–Kier alpha value is -2.38. The number of carbonyl (C=O) groups is 4. The van der Waals surface area contributed by atoms with Crippen molar-refractivity contribution in [3.05, 3.63) is 11.6 Å². The van der Waals surface area contributed by atoms with Gasteiger partial charge in [0, 0.05) is 12.0 Å². The third kappa shape index (κ3) is 4.28. The van der Waals surface area contributed by atoms with E-state index in [1.807, 2.05) is 13.0 Å². The molecule has 9 atom stereocenters. The number of rotatable bonds is 4. The van der Waals surface area contributed by atoms with Gasteiger partial charge in [0.15, 0.2) is 5.78 Å². The minimum Gasteiger partial charge on any atom is -0.480 e. The van der Waals surface area contributed by atoms with Crippen LogP contribution in [0.2, 0.25) is 0 Å². The number of urea groups is 1. The third-order valence-electron chi connectivity index (χ3n) is 14.0. The number of hydrogen-bond acceptors (Lipinski definition) is 5. The van der Waals surface area contributed by atoms with Gasteiger partial charge in [0.2, 0.25) is 0 Å². The maximum absolute atomic E-state index is 14.5. The number of ketones is 1. The minimum absolute atomic E-state index is 0.0797. The zero-order valence-electron chi connectivity index (χ0n) is 26.9. The number of carboxylic acid groups (broad SMARTS) is 1. The van der Waals surface area contributed by atoms with Crippen LogP contribution >= 0.6 is 0 Å². The van der Waals surface area contributed by atoms with Crippen LogP contribution in [0.25, 0.3) is 0 Å². The molecule has 0 aromatic carbocycles. The topological polar surface area (TPSA) is 122 Å². The van der Waals surface area contributed by atoms with Crippen molar-refractivity contribution in [3.63, 3.8) is 0 Å². The molecular weight excluding hydrogens is 532 g/mol. The molecule has 234 valence electrons. The predicted octanol–water partition coefficient (Wildman–Crippen LogP) is 5.89. The number of allylic oxidation sites excluding steroid dienone is 2. The van der Waals surface area contributed by atoms with E-state index in [-0.39, 0.29) is 62.6 Å². The molecule has 0 heterocycles. The van der Waals surface area contributed by atoms with Crippen LogP contribution in [0, 0.1) is 50.2 Å². The van der Waals surface area contributed by atoms with Gasteiger partial charge in [-0.2, -0.15) is 0 Å². The van der Waals surface area contributed by atoms with Crippen molar-refractivity contribution in [1.82, 2.24) is 10.6 Å². The first-order valence-electron chi connectivity index (χ1n) is 16.0. The molecule has 8 heteroatoms. The van der Waals surface area contributed by atoms with E-state index in [0.29, 0.717) is 0 Å². The number of fused-ring (bicyclic) bond motifs is 7. The zero-order chi connectivity index (χ0) is 31.1. The lowest BCUT2D eigenvalue weighted by atomic mass is 9.33. The maximum atomic E-state index is 14.5. The Labute approximate surface area is 251 Å². The van der Waals surface area contributed by atoms with E-state index in [9.17, 15) is 19.2 Å². The van der Waals surface area contributed by atoms with Gasteiger partial charge in [-0.25, -0.2) is 4.79 Å². The third-order valence-corrected chi connectivity index (χ3v) is 14.0. The van der Waals surface area contributed by atoms with Crippen molar-refractivity contribution in [2.24, 2.45) is 50.2 Å². The average Bonchev–Trinajstić information content (AvgIpc) is 2.90. The molecule has 0 radical (unpaired) electrons. The van der Waals surface area contributed by atoms with Crippen LogP contribution in [0.5, 0.6) is 0 Å². The highest BCUT2D eigenvalue weighted by Gasteiger charge is 2.70. The van der Waals surface area contributed by atoms with Gasteiger partial charge in [-0.05, 0) is 110 Å². The normalized spacial score (nSPS) is 45.6. The highest BCUT2D eigenvalue weighted by atomic mass is 16.5. The maximum Gasteiger partial charge on any atom is 0.323 e. The summed E-state index contributed by atoms with van der Waals surface area (Å²) >= 11 is 0. The van der Waals surface area contributed by atoms with Gasteiger partial charge in [-0.1, -0.05) is 47.1 Å². The van der Waals surface area contributed by atoms with Gasteiger partial charge >= 0.3 is 18.0 Å². The van der Waals surface area contributed by atoms with Crippen molar-refractivity contribution in [1.29, 1.82) is 0 Å². The minimum atomic E-state index is -1.07. The van der Waals surface area contributed by atoms with Crippen LogP contribution in [0.15, 0.2) is 11.6 Å². The quantitative estimate of drug-likeness (QED) is 0.354. The first-order valence-corrected chi connectivity index (χ1v) is 16.0. The number of carboxylic acids is 1. The molecule has 0 bridgehead atoms. The summed E-state index contributed by atoms with van der Waals surface area (Å²) in [5.41, 5.74) is 0.00865. The summed E-state index contributed by atoms with van der Waals surface area (Å²) in [6.45, 7) is 15.5. The molecule has 42 heavy (non-hydrogen) atoms. The van der Waals surface area contributed by atoms with E-state index >= 15 is 0 Å². The summed E-state index contributed by atoms with van der Waals surface area (Å²) in [4.78, 5) is 50.9. The smallest absolute Gasteiger partial charge is 0.323 e. The van der Waals surface area contributed by atoms with Gasteiger partial charge < -0.3 is 20.5 Å². The summed E-state index contributed by atoms with van der Waals surface area (Å²) in [6.07, 6.45) is 10.2. The SMILES string of the molecule is COC(=O)[C@@]1(C)CC[C@]2(C)CC[C@]3(C)C(=CC(=O)[C@@H]4[C@@]5(C)CCC(NC(=O)NCC(=O)O)C(C)(C)[C@@H]5CC[C@]43C)C2C1. The monoisotopic (exact) mass is 584 g/mol. The number of hydrogen-bond donors (Lipinski definition) is 3. The zero-order valence-corrected chi connectivity index (χ0v) is 26.9. The molecule has 0 spiro atoms. The Kier molecular flexibility index (Phi) is 7.26. The van der Waals surface area contributed by atoms with Crippen molar-refractivity contribution in [3.8, 4) is 0 Å². The van der Waals surface area contributed by atoms with Gasteiger partial charge in [-0.15, -0.1) is 0 Å². The predicted molar refractivity (Wildman–Crippen MR) is 159 cm³/mol. The highest BCUT2D eigenvalue weighted by molar-refractivity contribution is 5.95. The number of aliphatic carboxylic acids is 1.